The van der Waals surface area contributed by atoms with E-state index in [4.69, 9.17) is 5.73 Å². The quantitative estimate of drug-likeness (QED) is 0.867. The van der Waals surface area contributed by atoms with Gasteiger partial charge in [0.25, 0.3) is 0 Å². The Bertz CT molecular complexity index is 645. The van der Waals surface area contributed by atoms with Gasteiger partial charge in [-0.1, -0.05) is 40.2 Å². The number of carbonyl (C=O) groups is 1. The minimum absolute atomic E-state index is 0.260. The van der Waals surface area contributed by atoms with E-state index in [1.54, 1.807) is 25.1 Å². The van der Waals surface area contributed by atoms with E-state index in [1.807, 2.05) is 24.3 Å². The Morgan fingerprint density at radius 3 is 2.43 bits per heavy atom. The van der Waals surface area contributed by atoms with Crippen LogP contribution in [0.1, 0.15) is 12.5 Å². The summed E-state index contributed by atoms with van der Waals surface area (Å²) in [6.07, 6.45) is 0.365. The van der Waals surface area contributed by atoms with Gasteiger partial charge >= 0.3 is 0 Å². The van der Waals surface area contributed by atoms with E-state index in [1.165, 1.54) is 6.07 Å². The minimum atomic E-state index is -1.07. The first-order valence-corrected chi connectivity index (χ1v) is 7.27. The number of hydrogen-bond donors (Lipinski definition) is 2. The molecule has 0 saturated carbocycles. The van der Waals surface area contributed by atoms with Crippen molar-refractivity contribution in [1.29, 1.82) is 0 Å². The maximum Gasteiger partial charge on any atom is 0.243 e. The Hall–Kier alpha value is -1.88. The molecule has 2 aromatic rings. The molecule has 0 fully saturated rings. The van der Waals surface area contributed by atoms with Gasteiger partial charge in [0.1, 0.15) is 11.4 Å². The highest BCUT2D eigenvalue weighted by Crippen LogP contribution is 2.23. The molecule has 2 rings (SSSR count). The van der Waals surface area contributed by atoms with Gasteiger partial charge in [0, 0.05) is 10.9 Å². The van der Waals surface area contributed by atoms with Gasteiger partial charge in [-0.25, -0.2) is 4.39 Å². The molecule has 0 radical (unpaired) electrons. The molecular formula is C16H16BrFN2O. The molecule has 0 aliphatic rings. The van der Waals surface area contributed by atoms with Crippen molar-refractivity contribution < 1.29 is 9.18 Å². The highest BCUT2D eigenvalue weighted by molar-refractivity contribution is 9.10. The fourth-order valence-electron chi connectivity index (χ4n) is 2.06. The summed E-state index contributed by atoms with van der Waals surface area (Å²) in [6, 6.07) is 13.8. The Balaban J connectivity index is 2.26. The number of halogens is 2. The lowest BCUT2D eigenvalue weighted by Crippen LogP contribution is -2.49. The Labute approximate surface area is 131 Å². The van der Waals surface area contributed by atoms with Crippen molar-refractivity contribution in [3.05, 3.63) is 64.4 Å². The number of rotatable bonds is 5. The van der Waals surface area contributed by atoms with Crippen LogP contribution in [-0.2, 0) is 11.2 Å². The summed E-state index contributed by atoms with van der Waals surface area (Å²) < 4.78 is 14.7. The second-order valence-corrected chi connectivity index (χ2v) is 6.02. The number of nitrogens with two attached hydrogens (primary N) is 1. The predicted molar refractivity (Wildman–Crippen MR) is 85.5 cm³/mol. The average Bonchev–Trinajstić information content (AvgIpc) is 2.44. The zero-order valence-corrected chi connectivity index (χ0v) is 13.2. The van der Waals surface area contributed by atoms with E-state index in [0.717, 1.165) is 10.0 Å². The molecule has 0 bridgehead atoms. The van der Waals surface area contributed by atoms with Gasteiger partial charge in [0.05, 0.1) is 5.69 Å². The van der Waals surface area contributed by atoms with Gasteiger partial charge in [-0.05, 0) is 36.8 Å². The number of primary amides is 1. The standard InChI is InChI=1S/C16H16BrFN2O/c1-16(15(19)21,10-11-6-8-12(17)9-7-11)20-14-5-3-2-4-13(14)18/h2-9,20H,10H2,1H3,(H2,19,21). The molecule has 0 heterocycles. The zero-order chi connectivity index (χ0) is 15.5. The van der Waals surface area contributed by atoms with Crippen molar-refractivity contribution in [1.82, 2.24) is 0 Å². The zero-order valence-electron chi connectivity index (χ0n) is 11.6. The molecule has 3 N–H and O–H groups in total. The molecular weight excluding hydrogens is 335 g/mol. The Kier molecular flexibility index (Phi) is 4.63. The number of para-hydroxylation sites is 1. The third kappa shape index (κ3) is 3.82. The van der Waals surface area contributed by atoms with E-state index in [0.29, 0.717) is 6.42 Å². The van der Waals surface area contributed by atoms with Crippen LogP contribution in [0.2, 0.25) is 0 Å². The molecule has 5 heteroatoms. The van der Waals surface area contributed by atoms with Gasteiger partial charge in [0.15, 0.2) is 0 Å². The van der Waals surface area contributed by atoms with Crippen LogP contribution >= 0.6 is 15.9 Å². The summed E-state index contributed by atoms with van der Waals surface area (Å²) in [4.78, 5) is 11.8. The summed E-state index contributed by atoms with van der Waals surface area (Å²) in [5, 5.41) is 2.92. The molecule has 1 amide bonds. The van der Waals surface area contributed by atoms with Crippen molar-refractivity contribution in [2.45, 2.75) is 18.9 Å². The van der Waals surface area contributed by atoms with Crippen LogP contribution in [0.4, 0.5) is 10.1 Å². The lowest BCUT2D eigenvalue weighted by Gasteiger charge is -2.29. The highest BCUT2D eigenvalue weighted by Gasteiger charge is 2.32. The molecule has 2 aromatic carbocycles. The van der Waals surface area contributed by atoms with Crippen LogP contribution in [0.15, 0.2) is 53.0 Å². The van der Waals surface area contributed by atoms with Crippen LogP contribution in [-0.4, -0.2) is 11.4 Å². The lowest BCUT2D eigenvalue weighted by molar-refractivity contribution is -0.121. The Morgan fingerprint density at radius 2 is 1.86 bits per heavy atom. The van der Waals surface area contributed by atoms with E-state index in [9.17, 15) is 9.18 Å². The normalized spacial score (nSPS) is 13.5. The number of amides is 1. The molecule has 0 aliphatic heterocycles. The topological polar surface area (TPSA) is 55.1 Å². The first-order chi connectivity index (χ1) is 9.90. The van der Waals surface area contributed by atoms with Crippen molar-refractivity contribution in [3.8, 4) is 0 Å². The maximum absolute atomic E-state index is 13.8. The number of nitrogens with one attached hydrogen (secondary N) is 1. The minimum Gasteiger partial charge on any atom is -0.369 e. The van der Waals surface area contributed by atoms with Crippen LogP contribution in [0.3, 0.4) is 0 Å². The monoisotopic (exact) mass is 350 g/mol. The summed E-state index contributed by atoms with van der Waals surface area (Å²) in [5.74, 6) is -0.950. The van der Waals surface area contributed by atoms with Crippen molar-refractivity contribution in [2.24, 2.45) is 5.73 Å². The number of carbonyl (C=O) groups excluding carboxylic acids is 1. The van der Waals surface area contributed by atoms with Crippen LogP contribution < -0.4 is 11.1 Å². The van der Waals surface area contributed by atoms with Crippen LogP contribution in [0.5, 0.6) is 0 Å². The number of anilines is 1. The molecule has 0 aliphatic carbocycles. The van der Waals surface area contributed by atoms with Crippen molar-refractivity contribution >= 4 is 27.5 Å². The van der Waals surface area contributed by atoms with E-state index >= 15 is 0 Å². The van der Waals surface area contributed by atoms with Gasteiger partial charge in [-0.3, -0.25) is 4.79 Å². The molecule has 0 aromatic heterocycles. The summed E-state index contributed by atoms with van der Waals surface area (Å²) in [6.45, 7) is 1.67. The fourth-order valence-corrected chi connectivity index (χ4v) is 2.33. The predicted octanol–water partition coefficient (Wildman–Crippen LogP) is 3.49. The Morgan fingerprint density at radius 1 is 1.24 bits per heavy atom. The molecule has 3 nitrogen and oxygen atoms in total. The van der Waals surface area contributed by atoms with E-state index in [-0.39, 0.29) is 5.69 Å². The summed E-state index contributed by atoms with van der Waals surface area (Å²) in [7, 11) is 0. The van der Waals surface area contributed by atoms with E-state index in [2.05, 4.69) is 21.2 Å². The maximum atomic E-state index is 13.8. The van der Waals surface area contributed by atoms with Crippen molar-refractivity contribution in [3.63, 3.8) is 0 Å². The average molecular weight is 351 g/mol. The highest BCUT2D eigenvalue weighted by atomic mass is 79.9. The largest absolute Gasteiger partial charge is 0.369 e. The fraction of sp³-hybridized carbons (Fsp3) is 0.188. The number of hydrogen-bond acceptors (Lipinski definition) is 2. The second-order valence-electron chi connectivity index (χ2n) is 5.10. The van der Waals surface area contributed by atoms with Gasteiger partial charge in [-0.2, -0.15) is 0 Å². The third-order valence-electron chi connectivity index (χ3n) is 3.30. The molecule has 1 unspecified atom stereocenters. The van der Waals surface area contributed by atoms with Crippen LogP contribution in [0.25, 0.3) is 0 Å². The lowest BCUT2D eigenvalue weighted by atomic mass is 9.91. The molecule has 0 saturated heterocycles. The summed E-state index contributed by atoms with van der Waals surface area (Å²) >= 11 is 3.36. The molecule has 1 atom stereocenters. The molecule has 110 valence electrons. The first kappa shape index (κ1) is 15.5. The van der Waals surface area contributed by atoms with Crippen LogP contribution in [0, 0.1) is 5.82 Å². The van der Waals surface area contributed by atoms with Gasteiger partial charge in [0.2, 0.25) is 5.91 Å². The first-order valence-electron chi connectivity index (χ1n) is 6.48. The molecule has 0 spiro atoms. The van der Waals surface area contributed by atoms with Crippen molar-refractivity contribution in [2.75, 3.05) is 5.32 Å². The van der Waals surface area contributed by atoms with Gasteiger partial charge in [-0.15, -0.1) is 0 Å². The SMILES string of the molecule is CC(Cc1ccc(Br)cc1)(Nc1ccccc1F)C(N)=O. The second kappa shape index (κ2) is 6.26. The van der Waals surface area contributed by atoms with E-state index < -0.39 is 17.3 Å². The smallest absolute Gasteiger partial charge is 0.243 e. The summed E-state index contributed by atoms with van der Waals surface area (Å²) in [5.41, 5.74) is 5.63. The number of benzene rings is 2. The third-order valence-corrected chi connectivity index (χ3v) is 3.83. The molecule has 21 heavy (non-hydrogen) atoms. The van der Waals surface area contributed by atoms with Gasteiger partial charge < -0.3 is 11.1 Å².